The highest BCUT2D eigenvalue weighted by Crippen LogP contribution is 2.19. The van der Waals surface area contributed by atoms with Gasteiger partial charge in [-0.1, -0.05) is 6.92 Å². The Labute approximate surface area is 128 Å². The first-order valence-corrected chi connectivity index (χ1v) is 7.54. The lowest BCUT2D eigenvalue weighted by Crippen LogP contribution is -2.38. The van der Waals surface area contributed by atoms with Crippen LogP contribution in [0.4, 0.5) is 4.39 Å². The summed E-state index contributed by atoms with van der Waals surface area (Å²) in [5.41, 5.74) is 1.60. The van der Waals surface area contributed by atoms with Gasteiger partial charge in [0.2, 0.25) is 0 Å². The van der Waals surface area contributed by atoms with Gasteiger partial charge in [0.15, 0.2) is 5.69 Å². The number of piperidine rings is 1. The van der Waals surface area contributed by atoms with Crippen molar-refractivity contribution in [1.29, 1.82) is 0 Å². The van der Waals surface area contributed by atoms with E-state index in [9.17, 15) is 9.18 Å². The maximum absolute atomic E-state index is 13.0. The molecule has 1 aliphatic heterocycles. The molecular weight excluding hydrogens is 283 g/mol. The van der Waals surface area contributed by atoms with E-state index in [1.54, 1.807) is 19.1 Å². The molecule has 1 amide bonds. The molecule has 5 nitrogen and oxygen atoms in total. The third kappa shape index (κ3) is 2.86. The number of carbonyl (C=O) groups excluding carboxylic acids is 1. The number of rotatable bonds is 2. The van der Waals surface area contributed by atoms with Gasteiger partial charge in [-0.15, -0.1) is 5.10 Å². The normalized spacial score (nSPS) is 16.0. The maximum atomic E-state index is 13.0. The second kappa shape index (κ2) is 5.87. The number of benzene rings is 1. The van der Waals surface area contributed by atoms with Gasteiger partial charge < -0.3 is 4.90 Å². The van der Waals surface area contributed by atoms with E-state index in [-0.39, 0.29) is 11.7 Å². The zero-order valence-electron chi connectivity index (χ0n) is 12.8. The number of likely N-dealkylation sites (tertiary alicyclic amines) is 1. The number of amides is 1. The van der Waals surface area contributed by atoms with Crippen LogP contribution in [0.5, 0.6) is 0 Å². The summed E-state index contributed by atoms with van der Waals surface area (Å²) in [6, 6.07) is 5.88. The van der Waals surface area contributed by atoms with Crippen LogP contribution in [0.25, 0.3) is 5.69 Å². The fourth-order valence-electron chi connectivity index (χ4n) is 2.63. The molecule has 2 aromatic rings. The molecule has 2 heterocycles. The SMILES string of the molecule is Cc1nn(-c2ccc(F)cc2)nc1C(=O)N1CCC(C)CC1. The van der Waals surface area contributed by atoms with Crippen molar-refractivity contribution in [1.82, 2.24) is 19.9 Å². The number of nitrogens with zero attached hydrogens (tertiary/aromatic N) is 4. The molecular formula is C16H19FN4O. The second-order valence-electron chi connectivity index (χ2n) is 5.87. The first-order valence-electron chi connectivity index (χ1n) is 7.54. The molecule has 1 aliphatic rings. The Morgan fingerprint density at radius 3 is 2.45 bits per heavy atom. The summed E-state index contributed by atoms with van der Waals surface area (Å²) < 4.78 is 13.0. The lowest BCUT2D eigenvalue weighted by Gasteiger charge is -2.29. The Balaban J connectivity index is 1.83. The highest BCUT2D eigenvalue weighted by atomic mass is 19.1. The lowest BCUT2D eigenvalue weighted by atomic mass is 9.99. The summed E-state index contributed by atoms with van der Waals surface area (Å²) in [5, 5.41) is 8.57. The van der Waals surface area contributed by atoms with Gasteiger partial charge >= 0.3 is 0 Å². The van der Waals surface area contributed by atoms with E-state index >= 15 is 0 Å². The monoisotopic (exact) mass is 302 g/mol. The third-order valence-electron chi connectivity index (χ3n) is 4.11. The molecule has 22 heavy (non-hydrogen) atoms. The number of hydrogen-bond donors (Lipinski definition) is 0. The average Bonchev–Trinajstić information content (AvgIpc) is 2.90. The van der Waals surface area contributed by atoms with Gasteiger partial charge in [-0.3, -0.25) is 4.79 Å². The first-order chi connectivity index (χ1) is 10.5. The van der Waals surface area contributed by atoms with E-state index < -0.39 is 0 Å². The molecule has 0 N–H and O–H groups in total. The number of carbonyl (C=O) groups is 1. The number of halogens is 1. The van der Waals surface area contributed by atoms with Crippen molar-refractivity contribution < 1.29 is 9.18 Å². The van der Waals surface area contributed by atoms with Crippen molar-refractivity contribution in [3.8, 4) is 5.69 Å². The van der Waals surface area contributed by atoms with E-state index in [0.29, 0.717) is 23.0 Å². The molecule has 1 fully saturated rings. The Bertz CT molecular complexity index is 672. The van der Waals surface area contributed by atoms with Crippen LogP contribution in [0.15, 0.2) is 24.3 Å². The van der Waals surface area contributed by atoms with Crippen LogP contribution in [-0.2, 0) is 0 Å². The smallest absolute Gasteiger partial charge is 0.276 e. The number of hydrogen-bond acceptors (Lipinski definition) is 3. The Hall–Kier alpha value is -2.24. The molecule has 0 atom stereocenters. The minimum Gasteiger partial charge on any atom is -0.337 e. The van der Waals surface area contributed by atoms with Gasteiger partial charge in [-0.05, 0) is 49.9 Å². The molecule has 0 spiro atoms. The van der Waals surface area contributed by atoms with Gasteiger partial charge in [0.25, 0.3) is 5.91 Å². The summed E-state index contributed by atoms with van der Waals surface area (Å²) in [6.45, 7) is 5.51. The van der Waals surface area contributed by atoms with Gasteiger partial charge in [0, 0.05) is 13.1 Å². The number of aromatic nitrogens is 3. The van der Waals surface area contributed by atoms with Crippen LogP contribution in [0.3, 0.4) is 0 Å². The van der Waals surface area contributed by atoms with Crippen molar-refractivity contribution in [3.05, 3.63) is 41.5 Å². The molecule has 1 aromatic carbocycles. The van der Waals surface area contributed by atoms with Gasteiger partial charge in [-0.2, -0.15) is 9.90 Å². The largest absolute Gasteiger partial charge is 0.337 e. The summed E-state index contributed by atoms with van der Waals surface area (Å²) in [7, 11) is 0. The lowest BCUT2D eigenvalue weighted by molar-refractivity contribution is 0.0690. The number of aryl methyl sites for hydroxylation is 1. The molecule has 0 unspecified atom stereocenters. The van der Waals surface area contributed by atoms with E-state index in [2.05, 4.69) is 17.1 Å². The fraction of sp³-hybridized carbons (Fsp3) is 0.438. The fourth-order valence-corrected chi connectivity index (χ4v) is 2.63. The molecule has 3 rings (SSSR count). The molecule has 0 bridgehead atoms. The van der Waals surface area contributed by atoms with Crippen molar-refractivity contribution >= 4 is 5.91 Å². The quantitative estimate of drug-likeness (QED) is 0.857. The summed E-state index contributed by atoms with van der Waals surface area (Å²) >= 11 is 0. The summed E-state index contributed by atoms with van der Waals surface area (Å²) in [4.78, 5) is 15.8. The summed E-state index contributed by atoms with van der Waals surface area (Å²) in [5.74, 6) is 0.282. The Morgan fingerprint density at radius 1 is 1.18 bits per heavy atom. The average molecular weight is 302 g/mol. The van der Waals surface area contributed by atoms with Crippen molar-refractivity contribution in [2.24, 2.45) is 5.92 Å². The highest BCUT2D eigenvalue weighted by molar-refractivity contribution is 5.93. The van der Waals surface area contributed by atoms with E-state index in [0.717, 1.165) is 25.9 Å². The molecule has 0 aliphatic carbocycles. The molecule has 116 valence electrons. The highest BCUT2D eigenvalue weighted by Gasteiger charge is 2.25. The predicted molar refractivity (Wildman–Crippen MR) is 80.4 cm³/mol. The van der Waals surface area contributed by atoms with Crippen molar-refractivity contribution in [2.45, 2.75) is 26.7 Å². The Kier molecular flexibility index (Phi) is 3.92. The van der Waals surface area contributed by atoms with Crippen LogP contribution in [0.2, 0.25) is 0 Å². The van der Waals surface area contributed by atoms with Gasteiger partial charge in [-0.25, -0.2) is 4.39 Å². The second-order valence-corrected chi connectivity index (χ2v) is 5.87. The van der Waals surface area contributed by atoms with Crippen LogP contribution >= 0.6 is 0 Å². The third-order valence-corrected chi connectivity index (χ3v) is 4.11. The molecule has 1 saturated heterocycles. The van der Waals surface area contributed by atoms with Crippen LogP contribution in [0.1, 0.15) is 35.9 Å². The Morgan fingerprint density at radius 2 is 1.82 bits per heavy atom. The van der Waals surface area contributed by atoms with Crippen LogP contribution < -0.4 is 0 Å². The molecule has 1 aromatic heterocycles. The zero-order chi connectivity index (χ0) is 15.7. The van der Waals surface area contributed by atoms with E-state index in [4.69, 9.17) is 0 Å². The minimum atomic E-state index is -0.314. The molecule has 0 radical (unpaired) electrons. The topological polar surface area (TPSA) is 51.0 Å². The van der Waals surface area contributed by atoms with E-state index in [1.807, 2.05) is 4.90 Å². The zero-order valence-corrected chi connectivity index (χ0v) is 12.8. The van der Waals surface area contributed by atoms with Gasteiger partial charge in [0.05, 0.1) is 11.4 Å². The van der Waals surface area contributed by atoms with Crippen molar-refractivity contribution in [2.75, 3.05) is 13.1 Å². The first kappa shape index (κ1) is 14.7. The van der Waals surface area contributed by atoms with Crippen molar-refractivity contribution in [3.63, 3.8) is 0 Å². The molecule has 0 saturated carbocycles. The maximum Gasteiger partial charge on any atom is 0.276 e. The van der Waals surface area contributed by atoms with Crippen LogP contribution in [0, 0.1) is 18.7 Å². The summed E-state index contributed by atoms with van der Waals surface area (Å²) in [6.07, 6.45) is 2.05. The minimum absolute atomic E-state index is 0.0715. The van der Waals surface area contributed by atoms with E-state index in [1.165, 1.54) is 16.9 Å². The molecule has 6 heteroatoms. The van der Waals surface area contributed by atoms with Gasteiger partial charge in [0.1, 0.15) is 5.82 Å². The standard InChI is InChI=1S/C16H19FN4O/c1-11-7-9-20(10-8-11)16(22)15-12(2)18-21(19-15)14-5-3-13(17)4-6-14/h3-6,11H,7-10H2,1-2H3. The predicted octanol–water partition coefficient (Wildman–Crippen LogP) is 2.59. The van der Waals surface area contributed by atoms with Crippen LogP contribution in [-0.4, -0.2) is 38.9 Å².